The first-order valence-corrected chi connectivity index (χ1v) is 12.5. The quantitative estimate of drug-likeness (QED) is 0.255. The van der Waals surface area contributed by atoms with E-state index in [4.69, 9.17) is 0 Å². The minimum atomic E-state index is -0.0246. The van der Waals surface area contributed by atoms with Gasteiger partial charge in [0.05, 0.1) is 0 Å². The molecule has 4 aromatic rings. The van der Waals surface area contributed by atoms with Crippen molar-refractivity contribution in [2.24, 2.45) is 0 Å². The zero-order valence-corrected chi connectivity index (χ0v) is 21.7. The Hall–Kier alpha value is -4.10. The van der Waals surface area contributed by atoms with Crippen LogP contribution in [0.3, 0.4) is 0 Å². The Balaban J connectivity index is 1.44. The van der Waals surface area contributed by atoms with Gasteiger partial charge in [-0.25, -0.2) is 0 Å². The summed E-state index contributed by atoms with van der Waals surface area (Å²) in [5.74, 6) is 0. The van der Waals surface area contributed by atoms with E-state index in [1.54, 1.807) is 0 Å². The summed E-state index contributed by atoms with van der Waals surface area (Å²) in [4.78, 5) is 2.19. The maximum Gasteiger partial charge on any atom is 0.0461 e. The fraction of sp³-hybridized carbons (Fsp3) is 0.143. The summed E-state index contributed by atoms with van der Waals surface area (Å²) in [6, 6.07) is 32.6. The van der Waals surface area contributed by atoms with Gasteiger partial charge in [-0.05, 0) is 83.6 Å². The Morgan fingerprint density at radius 3 is 1.83 bits per heavy atom. The van der Waals surface area contributed by atoms with E-state index in [9.17, 15) is 0 Å². The third kappa shape index (κ3) is 4.22. The number of hydrogen-bond acceptors (Lipinski definition) is 1. The molecule has 0 spiro atoms. The average molecular weight is 468 g/mol. The van der Waals surface area contributed by atoms with Crippen LogP contribution in [0.2, 0.25) is 0 Å². The van der Waals surface area contributed by atoms with Crippen LogP contribution in [0.4, 0.5) is 11.4 Å². The lowest BCUT2D eigenvalue weighted by atomic mass is 9.81. The number of benzene rings is 4. The Morgan fingerprint density at radius 1 is 0.667 bits per heavy atom. The van der Waals surface area contributed by atoms with Gasteiger partial charge in [0.2, 0.25) is 0 Å². The molecule has 0 unspecified atom stereocenters. The van der Waals surface area contributed by atoms with Crippen LogP contribution < -0.4 is 4.90 Å². The predicted molar refractivity (Wildman–Crippen MR) is 156 cm³/mol. The number of hydrogen-bond donors (Lipinski definition) is 0. The van der Waals surface area contributed by atoms with Gasteiger partial charge >= 0.3 is 0 Å². The normalized spacial score (nSPS) is 13.3. The van der Waals surface area contributed by atoms with Crippen LogP contribution in [0.5, 0.6) is 0 Å². The molecule has 0 bridgehead atoms. The largest absolute Gasteiger partial charge is 0.311 e. The Labute approximate surface area is 215 Å². The Bertz CT molecular complexity index is 1440. The maximum absolute atomic E-state index is 4.42. The molecule has 0 saturated carbocycles. The Kier molecular flexibility index (Phi) is 6.02. The summed E-state index contributed by atoms with van der Waals surface area (Å²) >= 11 is 0. The molecule has 0 N–H and O–H groups in total. The van der Waals surface area contributed by atoms with Crippen molar-refractivity contribution in [3.05, 3.63) is 150 Å². The zero-order chi connectivity index (χ0) is 25.4. The van der Waals surface area contributed by atoms with Gasteiger partial charge in [0.1, 0.15) is 0 Å². The molecule has 0 fully saturated rings. The molecule has 1 aliphatic rings. The summed E-state index contributed by atoms with van der Waals surface area (Å²) in [7, 11) is 0. The van der Waals surface area contributed by atoms with E-state index in [2.05, 4.69) is 149 Å². The predicted octanol–water partition coefficient (Wildman–Crippen LogP) is 9.53. The molecule has 0 saturated heterocycles. The first kappa shape index (κ1) is 23.6. The summed E-state index contributed by atoms with van der Waals surface area (Å²) in [6.07, 6.45) is 4.14. The fourth-order valence-corrected chi connectivity index (χ4v) is 5.14. The highest BCUT2D eigenvalue weighted by Gasteiger charge is 2.35. The highest BCUT2D eigenvalue weighted by atomic mass is 15.1. The van der Waals surface area contributed by atoms with E-state index in [0.29, 0.717) is 0 Å². The summed E-state index contributed by atoms with van der Waals surface area (Å²) in [5, 5.41) is 0. The van der Waals surface area contributed by atoms with E-state index < -0.39 is 0 Å². The molecule has 0 amide bonds. The SMILES string of the molecule is C=C(/C=C\C(=C)N(c1ccc(C)cc1)c1ccc(C)cc1)c1ccc2c(c1)C(C)(C)c1ccccc1-2. The van der Waals surface area contributed by atoms with Gasteiger partial charge in [-0.3, -0.25) is 0 Å². The van der Waals surface area contributed by atoms with E-state index in [1.165, 1.54) is 33.4 Å². The number of rotatable bonds is 6. The van der Waals surface area contributed by atoms with Gasteiger partial charge in [0, 0.05) is 22.5 Å². The topological polar surface area (TPSA) is 3.24 Å². The Morgan fingerprint density at radius 2 is 1.22 bits per heavy atom. The monoisotopic (exact) mass is 467 g/mol. The van der Waals surface area contributed by atoms with Crippen molar-refractivity contribution in [3.8, 4) is 11.1 Å². The zero-order valence-electron chi connectivity index (χ0n) is 21.7. The lowest BCUT2D eigenvalue weighted by Crippen LogP contribution is -2.15. The van der Waals surface area contributed by atoms with Crippen LogP contribution >= 0.6 is 0 Å². The van der Waals surface area contributed by atoms with Crippen molar-refractivity contribution >= 4 is 16.9 Å². The third-order valence-corrected chi connectivity index (χ3v) is 7.30. The van der Waals surface area contributed by atoms with Crippen molar-refractivity contribution in [1.82, 2.24) is 0 Å². The smallest absolute Gasteiger partial charge is 0.0461 e. The molecule has 178 valence electrons. The summed E-state index contributed by atoms with van der Waals surface area (Å²) in [5.41, 5.74) is 13.0. The van der Waals surface area contributed by atoms with Crippen LogP contribution in [0, 0.1) is 13.8 Å². The molecule has 0 atom stereocenters. The number of allylic oxidation sites excluding steroid dienone is 3. The number of aryl methyl sites for hydroxylation is 2. The fourth-order valence-electron chi connectivity index (χ4n) is 5.14. The molecule has 1 heteroatoms. The van der Waals surface area contributed by atoms with Crippen molar-refractivity contribution < 1.29 is 0 Å². The van der Waals surface area contributed by atoms with Crippen molar-refractivity contribution in [2.75, 3.05) is 4.90 Å². The van der Waals surface area contributed by atoms with Crippen molar-refractivity contribution in [3.63, 3.8) is 0 Å². The number of fused-ring (bicyclic) bond motifs is 3. The maximum atomic E-state index is 4.42. The number of anilines is 2. The highest BCUT2D eigenvalue weighted by molar-refractivity contribution is 5.84. The van der Waals surface area contributed by atoms with E-state index in [-0.39, 0.29) is 5.41 Å². The number of nitrogens with zero attached hydrogens (tertiary/aromatic N) is 1. The molecular weight excluding hydrogens is 434 g/mol. The second-order valence-electron chi connectivity index (χ2n) is 10.3. The van der Waals surface area contributed by atoms with Crippen molar-refractivity contribution in [1.29, 1.82) is 0 Å². The van der Waals surface area contributed by atoms with Crippen LogP contribution in [-0.2, 0) is 5.41 Å². The minimum Gasteiger partial charge on any atom is -0.311 e. The second kappa shape index (κ2) is 9.17. The molecule has 0 aromatic heterocycles. The lowest BCUT2D eigenvalue weighted by molar-refractivity contribution is 0.660. The molecule has 5 rings (SSSR count). The average Bonchev–Trinajstić information content (AvgIpc) is 3.11. The van der Waals surface area contributed by atoms with Gasteiger partial charge in [-0.15, -0.1) is 0 Å². The molecule has 0 aliphatic heterocycles. The summed E-state index contributed by atoms with van der Waals surface area (Å²) < 4.78 is 0. The third-order valence-electron chi connectivity index (χ3n) is 7.30. The van der Waals surface area contributed by atoms with Crippen LogP contribution in [0.1, 0.15) is 41.7 Å². The minimum absolute atomic E-state index is 0.0246. The van der Waals surface area contributed by atoms with Gasteiger partial charge in [0.25, 0.3) is 0 Å². The van der Waals surface area contributed by atoms with E-state index in [1.807, 2.05) is 0 Å². The van der Waals surface area contributed by atoms with E-state index >= 15 is 0 Å². The van der Waals surface area contributed by atoms with Crippen molar-refractivity contribution in [2.45, 2.75) is 33.1 Å². The summed E-state index contributed by atoms with van der Waals surface area (Å²) in [6.45, 7) is 17.7. The standard InChI is InChI=1S/C35H33N/c1-24-11-18-29(19-12-24)36(30-20-13-25(2)14-21-30)27(4)16-15-26(3)28-17-22-32-31-9-7-8-10-33(31)35(5,6)34(32)23-28/h7-23H,3-4H2,1-2,5-6H3/b16-15-. The van der Waals surface area contributed by atoms with Gasteiger partial charge < -0.3 is 4.90 Å². The molecule has 36 heavy (non-hydrogen) atoms. The molecule has 1 aliphatic carbocycles. The van der Waals surface area contributed by atoms with Gasteiger partial charge in [-0.2, -0.15) is 0 Å². The molecule has 0 radical (unpaired) electrons. The lowest BCUT2D eigenvalue weighted by Gasteiger charge is -2.26. The highest BCUT2D eigenvalue weighted by Crippen LogP contribution is 2.49. The van der Waals surface area contributed by atoms with Gasteiger partial charge in [0.15, 0.2) is 0 Å². The van der Waals surface area contributed by atoms with Crippen LogP contribution in [0.25, 0.3) is 16.7 Å². The first-order chi connectivity index (χ1) is 17.3. The first-order valence-electron chi connectivity index (χ1n) is 12.5. The molecule has 1 nitrogen and oxygen atoms in total. The van der Waals surface area contributed by atoms with Crippen LogP contribution in [0.15, 0.2) is 122 Å². The second-order valence-corrected chi connectivity index (χ2v) is 10.3. The van der Waals surface area contributed by atoms with E-state index in [0.717, 1.165) is 28.2 Å². The van der Waals surface area contributed by atoms with Gasteiger partial charge in [-0.1, -0.05) is 105 Å². The van der Waals surface area contributed by atoms with Crippen LogP contribution in [-0.4, -0.2) is 0 Å². The molecular formula is C35H33N. The molecule has 4 aromatic carbocycles. The molecule has 0 heterocycles.